The van der Waals surface area contributed by atoms with Gasteiger partial charge in [0.05, 0.1) is 11.4 Å². The first kappa shape index (κ1) is 13.1. The Hall–Kier alpha value is -0.940. The van der Waals surface area contributed by atoms with Crippen LogP contribution >= 0.6 is 0 Å². The molecule has 0 saturated heterocycles. The van der Waals surface area contributed by atoms with Crippen molar-refractivity contribution in [1.82, 2.24) is 0 Å². The first-order chi connectivity index (χ1) is 7.38. The summed E-state index contributed by atoms with van der Waals surface area (Å²) in [5, 5.41) is 8.96. The second-order valence-corrected chi connectivity index (χ2v) is 6.30. The lowest BCUT2D eigenvalue weighted by atomic mass is 10.1. The number of sulfone groups is 1. The number of aliphatic hydroxyl groups is 1. The van der Waals surface area contributed by atoms with E-state index < -0.39 is 27.0 Å². The molecule has 0 saturated carbocycles. The molecule has 0 aliphatic rings. The Bertz CT molecular complexity index is 439. The number of hydrogen-bond donors (Lipinski definition) is 1. The third kappa shape index (κ3) is 2.80. The summed E-state index contributed by atoms with van der Waals surface area (Å²) >= 11 is 0. The van der Waals surface area contributed by atoms with Crippen LogP contribution in [-0.4, -0.2) is 24.5 Å². The minimum absolute atomic E-state index is 0.0214. The number of halogens is 1. The molecule has 0 unspecified atom stereocenters. The molecule has 0 aliphatic carbocycles. The Morgan fingerprint density at radius 2 is 1.81 bits per heavy atom. The van der Waals surface area contributed by atoms with E-state index in [9.17, 15) is 17.9 Å². The van der Waals surface area contributed by atoms with Gasteiger partial charge in [0.25, 0.3) is 0 Å². The molecule has 0 amide bonds. The maximum atomic E-state index is 12.7. The maximum Gasteiger partial charge on any atom is 0.155 e. The molecule has 3 nitrogen and oxygen atoms in total. The van der Waals surface area contributed by atoms with Crippen LogP contribution in [0.3, 0.4) is 0 Å². The summed E-state index contributed by atoms with van der Waals surface area (Å²) in [6.45, 7) is 2.98. The lowest BCUT2D eigenvalue weighted by Crippen LogP contribution is -2.26. The molecular weight excluding hydrogens is 231 g/mol. The largest absolute Gasteiger partial charge is 0.387 e. The highest BCUT2D eigenvalue weighted by Crippen LogP contribution is 2.22. The van der Waals surface area contributed by atoms with Gasteiger partial charge in [-0.1, -0.05) is 19.1 Å². The summed E-state index contributed by atoms with van der Waals surface area (Å²) in [6, 6.07) is 5.18. The summed E-state index contributed by atoms with van der Waals surface area (Å²) in [7, 11) is -3.30. The van der Waals surface area contributed by atoms with Gasteiger partial charge in [0.1, 0.15) is 5.82 Å². The monoisotopic (exact) mass is 246 g/mol. The molecule has 0 fully saturated rings. The summed E-state index contributed by atoms with van der Waals surface area (Å²) in [6.07, 6.45) is -1.12. The molecule has 0 heterocycles. The quantitative estimate of drug-likeness (QED) is 0.879. The van der Waals surface area contributed by atoms with Crippen LogP contribution in [0.4, 0.5) is 4.39 Å². The SMILES string of the molecule is CCS(=O)(=O)[C@@H](C)[C@H](O)c1ccc(F)cc1. The molecule has 0 spiro atoms. The highest BCUT2D eigenvalue weighted by Gasteiger charge is 2.27. The van der Waals surface area contributed by atoms with Crippen molar-refractivity contribution in [3.05, 3.63) is 35.6 Å². The lowest BCUT2D eigenvalue weighted by molar-refractivity contribution is 0.176. The smallest absolute Gasteiger partial charge is 0.155 e. The fourth-order valence-corrected chi connectivity index (χ4v) is 2.47. The minimum Gasteiger partial charge on any atom is -0.387 e. The van der Waals surface area contributed by atoms with Crippen molar-refractivity contribution < 1.29 is 17.9 Å². The van der Waals surface area contributed by atoms with Crippen molar-refractivity contribution in [3.63, 3.8) is 0 Å². The fourth-order valence-electron chi connectivity index (χ4n) is 1.39. The van der Waals surface area contributed by atoms with E-state index in [1.165, 1.54) is 38.1 Å². The normalized spacial score (nSPS) is 15.8. The van der Waals surface area contributed by atoms with Gasteiger partial charge in [0, 0.05) is 5.75 Å². The van der Waals surface area contributed by atoms with Crippen molar-refractivity contribution in [2.45, 2.75) is 25.2 Å². The van der Waals surface area contributed by atoms with Crippen LogP contribution < -0.4 is 0 Å². The molecule has 5 heteroatoms. The Morgan fingerprint density at radius 1 is 1.31 bits per heavy atom. The predicted molar refractivity (Wildman–Crippen MR) is 60.3 cm³/mol. The molecule has 1 aromatic carbocycles. The molecule has 2 atom stereocenters. The number of rotatable bonds is 4. The fraction of sp³-hybridized carbons (Fsp3) is 0.455. The standard InChI is InChI=1S/C11H15FO3S/c1-3-16(14,15)8(2)11(13)9-4-6-10(12)7-5-9/h4-8,11,13H,3H2,1-2H3/t8-,11-/m0/s1. The average Bonchev–Trinajstić information content (AvgIpc) is 2.28. The zero-order chi connectivity index (χ0) is 12.3. The molecule has 1 aromatic rings. The van der Waals surface area contributed by atoms with Crippen molar-refractivity contribution in [2.24, 2.45) is 0 Å². The van der Waals surface area contributed by atoms with E-state index in [1.54, 1.807) is 0 Å². The van der Waals surface area contributed by atoms with E-state index in [4.69, 9.17) is 0 Å². The van der Waals surface area contributed by atoms with Gasteiger partial charge in [-0.3, -0.25) is 0 Å². The molecule has 1 N–H and O–H groups in total. The Morgan fingerprint density at radius 3 is 2.25 bits per heavy atom. The molecule has 16 heavy (non-hydrogen) atoms. The Kier molecular flexibility index (Phi) is 4.04. The zero-order valence-electron chi connectivity index (χ0n) is 9.22. The number of hydrogen-bond acceptors (Lipinski definition) is 3. The Labute approximate surface area is 94.8 Å². The van der Waals surface area contributed by atoms with Crippen LogP contribution in [0.15, 0.2) is 24.3 Å². The Balaban J connectivity index is 2.94. The van der Waals surface area contributed by atoms with E-state index in [1.807, 2.05) is 0 Å². The topological polar surface area (TPSA) is 54.4 Å². The van der Waals surface area contributed by atoms with Crippen molar-refractivity contribution >= 4 is 9.84 Å². The second kappa shape index (κ2) is 4.93. The first-order valence-corrected chi connectivity index (χ1v) is 6.75. The first-order valence-electron chi connectivity index (χ1n) is 5.03. The van der Waals surface area contributed by atoms with Crippen molar-refractivity contribution in [2.75, 3.05) is 5.75 Å². The zero-order valence-corrected chi connectivity index (χ0v) is 10.0. The third-order valence-corrected chi connectivity index (χ3v) is 4.82. The van der Waals surface area contributed by atoms with Gasteiger partial charge in [-0.05, 0) is 24.6 Å². The molecule has 0 aliphatic heterocycles. The number of aliphatic hydroxyl groups excluding tert-OH is 1. The van der Waals surface area contributed by atoms with Crippen LogP contribution in [0.2, 0.25) is 0 Å². The van der Waals surface area contributed by atoms with Gasteiger partial charge in [-0.15, -0.1) is 0 Å². The minimum atomic E-state index is -3.30. The molecule has 1 rings (SSSR count). The van der Waals surface area contributed by atoms with Crippen LogP contribution in [0, 0.1) is 5.82 Å². The highest BCUT2D eigenvalue weighted by atomic mass is 32.2. The van der Waals surface area contributed by atoms with Crippen molar-refractivity contribution in [1.29, 1.82) is 0 Å². The summed E-state index contributed by atoms with van der Waals surface area (Å²) < 4.78 is 35.7. The summed E-state index contributed by atoms with van der Waals surface area (Å²) in [5.41, 5.74) is 0.408. The summed E-state index contributed by atoms with van der Waals surface area (Å²) in [5.74, 6) is -0.436. The lowest BCUT2D eigenvalue weighted by Gasteiger charge is -2.18. The van der Waals surface area contributed by atoms with Gasteiger partial charge in [-0.25, -0.2) is 12.8 Å². The van der Waals surface area contributed by atoms with Crippen LogP contribution in [-0.2, 0) is 9.84 Å². The van der Waals surface area contributed by atoms with Gasteiger partial charge in [-0.2, -0.15) is 0 Å². The van der Waals surface area contributed by atoms with E-state index >= 15 is 0 Å². The average molecular weight is 246 g/mol. The maximum absolute atomic E-state index is 12.7. The molecule has 90 valence electrons. The third-order valence-electron chi connectivity index (χ3n) is 2.62. The van der Waals surface area contributed by atoms with Gasteiger partial charge in [0.15, 0.2) is 9.84 Å². The van der Waals surface area contributed by atoms with Gasteiger partial charge in [0.2, 0.25) is 0 Å². The molecule has 0 radical (unpaired) electrons. The van der Waals surface area contributed by atoms with Gasteiger partial charge >= 0.3 is 0 Å². The van der Waals surface area contributed by atoms with Crippen LogP contribution in [0.1, 0.15) is 25.5 Å². The van der Waals surface area contributed by atoms with Crippen molar-refractivity contribution in [3.8, 4) is 0 Å². The van der Waals surface area contributed by atoms with Crippen LogP contribution in [0.5, 0.6) is 0 Å². The highest BCUT2D eigenvalue weighted by molar-refractivity contribution is 7.92. The van der Waals surface area contributed by atoms with E-state index in [-0.39, 0.29) is 5.75 Å². The number of benzene rings is 1. The van der Waals surface area contributed by atoms with E-state index in [2.05, 4.69) is 0 Å². The predicted octanol–water partition coefficient (Wildman–Crippen LogP) is 1.68. The van der Waals surface area contributed by atoms with E-state index in [0.717, 1.165) is 0 Å². The molecular formula is C11H15FO3S. The second-order valence-electron chi connectivity index (χ2n) is 3.65. The molecule has 0 aromatic heterocycles. The van der Waals surface area contributed by atoms with E-state index in [0.29, 0.717) is 5.56 Å². The summed E-state index contributed by atoms with van der Waals surface area (Å²) in [4.78, 5) is 0. The van der Waals surface area contributed by atoms with Gasteiger partial charge < -0.3 is 5.11 Å². The van der Waals surface area contributed by atoms with Crippen LogP contribution in [0.25, 0.3) is 0 Å². The molecule has 0 bridgehead atoms.